The molecule has 1 aromatic carbocycles. The fourth-order valence-corrected chi connectivity index (χ4v) is 1.78. The summed E-state index contributed by atoms with van der Waals surface area (Å²) >= 11 is 0. The summed E-state index contributed by atoms with van der Waals surface area (Å²) < 4.78 is 0. The van der Waals surface area contributed by atoms with Crippen LogP contribution in [0.5, 0.6) is 0 Å². The first-order valence-electron chi connectivity index (χ1n) is 5.46. The molecule has 0 aliphatic rings. The monoisotopic (exact) mass is 228 g/mol. The summed E-state index contributed by atoms with van der Waals surface area (Å²) in [5, 5.41) is 3.25. The molecule has 0 radical (unpaired) electrons. The number of hydrogen-bond acceptors (Lipinski definition) is 4. The van der Waals surface area contributed by atoms with Crippen molar-refractivity contribution in [1.29, 1.82) is 0 Å². The van der Waals surface area contributed by atoms with Crippen molar-refractivity contribution in [1.82, 2.24) is 4.98 Å². The fourth-order valence-electron chi connectivity index (χ4n) is 1.78. The lowest BCUT2D eigenvalue weighted by Gasteiger charge is -2.09. The highest BCUT2D eigenvalue weighted by Crippen LogP contribution is 2.19. The van der Waals surface area contributed by atoms with Gasteiger partial charge in [-0.1, -0.05) is 12.1 Å². The Morgan fingerprint density at radius 1 is 1.00 bits per heavy atom. The van der Waals surface area contributed by atoms with E-state index in [1.54, 1.807) is 0 Å². The molecular weight excluding hydrogens is 212 g/mol. The molecule has 1 aromatic heterocycles. The molecule has 1 heterocycles. The highest BCUT2D eigenvalue weighted by atomic mass is 15.3. The van der Waals surface area contributed by atoms with Crippen molar-refractivity contribution >= 4 is 17.3 Å². The molecule has 4 heteroatoms. The summed E-state index contributed by atoms with van der Waals surface area (Å²) in [4.78, 5) is 4.30. The number of benzene rings is 1. The molecular formula is C13H16N4. The summed E-state index contributed by atoms with van der Waals surface area (Å²) in [6.45, 7) is 4.15. The second-order valence-corrected chi connectivity index (χ2v) is 4.05. The van der Waals surface area contributed by atoms with Crippen molar-refractivity contribution in [3.8, 4) is 0 Å². The van der Waals surface area contributed by atoms with Gasteiger partial charge in [0, 0.05) is 5.69 Å². The van der Waals surface area contributed by atoms with E-state index in [1.807, 2.05) is 18.2 Å². The van der Waals surface area contributed by atoms with E-state index in [0.29, 0.717) is 5.82 Å². The molecule has 0 fully saturated rings. The van der Waals surface area contributed by atoms with E-state index in [2.05, 4.69) is 47.8 Å². The third-order valence-electron chi connectivity index (χ3n) is 2.39. The van der Waals surface area contributed by atoms with Crippen LogP contribution in [0.15, 0.2) is 36.4 Å². The van der Waals surface area contributed by atoms with Crippen molar-refractivity contribution in [2.24, 2.45) is 5.84 Å². The van der Waals surface area contributed by atoms with E-state index in [-0.39, 0.29) is 0 Å². The maximum absolute atomic E-state index is 5.32. The van der Waals surface area contributed by atoms with E-state index < -0.39 is 0 Å². The first-order valence-corrected chi connectivity index (χ1v) is 5.46. The number of hydrazine groups is 1. The number of nitrogens with one attached hydrogen (secondary N) is 2. The van der Waals surface area contributed by atoms with Crippen LogP contribution in [0.2, 0.25) is 0 Å². The number of aromatic nitrogens is 1. The molecule has 0 spiro atoms. The zero-order valence-electron chi connectivity index (χ0n) is 9.99. The molecule has 88 valence electrons. The Balaban J connectivity index is 2.24. The maximum atomic E-state index is 5.32. The van der Waals surface area contributed by atoms with Crippen LogP contribution >= 0.6 is 0 Å². The lowest BCUT2D eigenvalue weighted by molar-refractivity contribution is 1.22. The molecule has 0 unspecified atom stereocenters. The Labute approximate surface area is 101 Å². The smallest absolute Gasteiger partial charge is 0.142 e. The summed E-state index contributed by atoms with van der Waals surface area (Å²) in [5.74, 6) is 6.73. The summed E-state index contributed by atoms with van der Waals surface area (Å²) in [6, 6.07) is 11.9. The molecule has 2 aromatic rings. The van der Waals surface area contributed by atoms with Crippen molar-refractivity contribution in [2.45, 2.75) is 13.8 Å². The van der Waals surface area contributed by atoms with Crippen LogP contribution in [0.3, 0.4) is 0 Å². The number of nitrogen functional groups attached to an aromatic ring is 1. The van der Waals surface area contributed by atoms with Crippen LogP contribution in [0.25, 0.3) is 0 Å². The molecule has 0 aliphatic heterocycles. The van der Waals surface area contributed by atoms with Gasteiger partial charge in [-0.25, -0.2) is 10.8 Å². The predicted molar refractivity (Wildman–Crippen MR) is 71.2 cm³/mol. The van der Waals surface area contributed by atoms with E-state index in [1.165, 1.54) is 11.1 Å². The van der Waals surface area contributed by atoms with Crippen LogP contribution in [-0.2, 0) is 0 Å². The Kier molecular flexibility index (Phi) is 3.25. The Morgan fingerprint density at radius 2 is 1.65 bits per heavy atom. The minimum Gasteiger partial charge on any atom is -0.340 e. The van der Waals surface area contributed by atoms with Crippen LogP contribution in [0, 0.1) is 13.8 Å². The van der Waals surface area contributed by atoms with E-state index in [0.717, 1.165) is 11.5 Å². The highest BCUT2D eigenvalue weighted by Gasteiger charge is 1.99. The van der Waals surface area contributed by atoms with Crippen LogP contribution < -0.4 is 16.6 Å². The summed E-state index contributed by atoms with van der Waals surface area (Å²) in [5.41, 5.74) is 6.00. The van der Waals surface area contributed by atoms with Crippen molar-refractivity contribution < 1.29 is 0 Å². The van der Waals surface area contributed by atoms with Gasteiger partial charge in [-0.05, 0) is 49.2 Å². The maximum Gasteiger partial charge on any atom is 0.142 e. The fraction of sp³-hybridized carbons (Fsp3) is 0.154. The number of nitrogens with two attached hydrogens (primary N) is 1. The average molecular weight is 228 g/mol. The second kappa shape index (κ2) is 4.84. The standard InChI is InChI=1S/C13H16N4/c1-9-6-10(2)8-11(7-9)15-12-4-3-5-13(16-12)17-14/h3-8H,14H2,1-2H3,(H2,15,16,17). The molecule has 0 aliphatic carbocycles. The van der Waals surface area contributed by atoms with Gasteiger partial charge < -0.3 is 10.7 Å². The molecule has 0 bridgehead atoms. The van der Waals surface area contributed by atoms with Gasteiger partial charge in [-0.15, -0.1) is 0 Å². The summed E-state index contributed by atoms with van der Waals surface area (Å²) in [6.07, 6.45) is 0. The number of pyridine rings is 1. The van der Waals surface area contributed by atoms with Gasteiger partial charge in [0.05, 0.1) is 0 Å². The molecule has 0 saturated carbocycles. The predicted octanol–water partition coefficient (Wildman–Crippen LogP) is 2.73. The number of aryl methyl sites for hydroxylation is 2. The van der Waals surface area contributed by atoms with E-state index >= 15 is 0 Å². The number of anilines is 3. The Morgan fingerprint density at radius 3 is 2.29 bits per heavy atom. The third kappa shape index (κ3) is 2.95. The minimum atomic E-state index is 0.638. The Bertz CT molecular complexity index is 502. The van der Waals surface area contributed by atoms with E-state index in [9.17, 15) is 0 Å². The number of nitrogens with zero attached hydrogens (tertiary/aromatic N) is 1. The third-order valence-corrected chi connectivity index (χ3v) is 2.39. The van der Waals surface area contributed by atoms with Gasteiger partial charge in [0.1, 0.15) is 11.6 Å². The average Bonchev–Trinajstić information content (AvgIpc) is 2.28. The zero-order valence-corrected chi connectivity index (χ0v) is 9.99. The largest absolute Gasteiger partial charge is 0.340 e. The topological polar surface area (TPSA) is 63.0 Å². The molecule has 0 atom stereocenters. The molecule has 0 amide bonds. The minimum absolute atomic E-state index is 0.638. The molecule has 2 rings (SSSR count). The van der Waals surface area contributed by atoms with Gasteiger partial charge in [-0.2, -0.15) is 0 Å². The van der Waals surface area contributed by atoms with Gasteiger partial charge in [0.15, 0.2) is 0 Å². The zero-order chi connectivity index (χ0) is 12.3. The van der Waals surface area contributed by atoms with Crippen LogP contribution in [0.1, 0.15) is 11.1 Å². The van der Waals surface area contributed by atoms with E-state index in [4.69, 9.17) is 5.84 Å². The summed E-state index contributed by atoms with van der Waals surface area (Å²) in [7, 11) is 0. The first kappa shape index (κ1) is 11.4. The van der Waals surface area contributed by atoms with Crippen LogP contribution in [0.4, 0.5) is 17.3 Å². The van der Waals surface area contributed by atoms with Crippen molar-refractivity contribution in [3.63, 3.8) is 0 Å². The van der Waals surface area contributed by atoms with Crippen molar-refractivity contribution in [2.75, 3.05) is 10.7 Å². The van der Waals surface area contributed by atoms with Crippen LogP contribution in [-0.4, -0.2) is 4.98 Å². The highest BCUT2D eigenvalue weighted by molar-refractivity contribution is 5.59. The lowest BCUT2D eigenvalue weighted by atomic mass is 10.1. The molecule has 0 saturated heterocycles. The quantitative estimate of drug-likeness (QED) is 0.558. The molecule has 17 heavy (non-hydrogen) atoms. The lowest BCUT2D eigenvalue weighted by Crippen LogP contribution is -2.08. The van der Waals surface area contributed by atoms with Crippen molar-refractivity contribution in [3.05, 3.63) is 47.5 Å². The number of hydrogen-bond donors (Lipinski definition) is 3. The Hall–Kier alpha value is -2.07. The normalized spacial score (nSPS) is 10.1. The molecule has 4 nitrogen and oxygen atoms in total. The SMILES string of the molecule is Cc1cc(C)cc(Nc2cccc(NN)n2)c1. The van der Waals surface area contributed by atoms with Gasteiger partial charge in [0.25, 0.3) is 0 Å². The number of rotatable bonds is 3. The van der Waals surface area contributed by atoms with Gasteiger partial charge in [-0.3, -0.25) is 0 Å². The van der Waals surface area contributed by atoms with Gasteiger partial charge >= 0.3 is 0 Å². The molecule has 4 N–H and O–H groups in total. The second-order valence-electron chi connectivity index (χ2n) is 4.05. The first-order chi connectivity index (χ1) is 8.17. The van der Waals surface area contributed by atoms with Gasteiger partial charge in [0.2, 0.25) is 0 Å².